The lowest BCUT2D eigenvalue weighted by molar-refractivity contribution is -0.127. The molecule has 0 unspecified atom stereocenters. The molecule has 0 saturated carbocycles. The maximum Gasteiger partial charge on any atom is 0.223 e. The predicted molar refractivity (Wildman–Crippen MR) is 40.4 cm³/mol. The fourth-order valence-corrected chi connectivity index (χ4v) is 1.25. The Hall–Kier alpha value is -0.790. The molecule has 1 aliphatic heterocycles. The first-order chi connectivity index (χ1) is 4.72. The van der Waals surface area contributed by atoms with Crippen LogP contribution in [0.3, 0.4) is 0 Å². The lowest BCUT2D eigenvalue weighted by atomic mass is 10.2. The van der Waals surface area contributed by atoms with Crippen LogP contribution in [0.25, 0.3) is 0 Å². The Morgan fingerprint density at radius 3 is 2.80 bits per heavy atom. The minimum Gasteiger partial charge on any atom is -0.317 e. The molecule has 1 amide bonds. The summed E-state index contributed by atoms with van der Waals surface area (Å²) in [5.41, 5.74) is 1.11. The van der Waals surface area contributed by atoms with Gasteiger partial charge in [0.2, 0.25) is 5.91 Å². The van der Waals surface area contributed by atoms with Crippen LogP contribution in [0.2, 0.25) is 0 Å². The minimum absolute atomic E-state index is 0.161. The van der Waals surface area contributed by atoms with Crippen LogP contribution in [0.4, 0.5) is 0 Å². The number of nitrogens with zero attached hydrogens (tertiary/aromatic N) is 1. The molecule has 0 bridgehead atoms. The maximum absolute atomic E-state index is 10.9. The van der Waals surface area contributed by atoms with Crippen molar-refractivity contribution < 1.29 is 4.79 Å². The molecule has 0 radical (unpaired) electrons. The van der Waals surface area contributed by atoms with Crippen molar-refractivity contribution in [3.63, 3.8) is 0 Å². The van der Waals surface area contributed by atoms with Gasteiger partial charge in [-0.1, -0.05) is 6.08 Å². The second-order valence-corrected chi connectivity index (χ2v) is 2.66. The molecule has 1 rings (SSSR count). The molecule has 1 heterocycles. The zero-order valence-electron chi connectivity index (χ0n) is 6.55. The SMILES string of the molecule is CC(=O)N1CCCC=C1C. The molecule has 0 atom stereocenters. The first-order valence-corrected chi connectivity index (χ1v) is 3.66. The van der Waals surface area contributed by atoms with Crippen molar-refractivity contribution in [3.8, 4) is 0 Å². The van der Waals surface area contributed by atoms with Gasteiger partial charge in [0.1, 0.15) is 0 Å². The Morgan fingerprint density at radius 2 is 2.40 bits per heavy atom. The predicted octanol–water partition coefficient (Wildman–Crippen LogP) is 1.53. The van der Waals surface area contributed by atoms with Crippen LogP contribution in [0.1, 0.15) is 26.7 Å². The van der Waals surface area contributed by atoms with Crippen LogP contribution in [-0.2, 0) is 4.79 Å². The van der Waals surface area contributed by atoms with Gasteiger partial charge in [-0.25, -0.2) is 0 Å². The molecule has 0 N–H and O–H groups in total. The lowest BCUT2D eigenvalue weighted by Crippen LogP contribution is -2.29. The highest BCUT2D eigenvalue weighted by Crippen LogP contribution is 2.13. The van der Waals surface area contributed by atoms with Crippen molar-refractivity contribution >= 4 is 5.91 Å². The Labute approximate surface area is 61.5 Å². The smallest absolute Gasteiger partial charge is 0.223 e. The number of amides is 1. The average Bonchev–Trinajstić information content (AvgIpc) is 1.88. The highest BCUT2D eigenvalue weighted by atomic mass is 16.2. The van der Waals surface area contributed by atoms with E-state index in [1.807, 2.05) is 11.8 Å². The van der Waals surface area contributed by atoms with E-state index >= 15 is 0 Å². The van der Waals surface area contributed by atoms with Gasteiger partial charge in [0.05, 0.1) is 0 Å². The van der Waals surface area contributed by atoms with Gasteiger partial charge in [-0.3, -0.25) is 4.79 Å². The van der Waals surface area contributed by atoms with E-state index in [9.17, 15) is 4.79 Å². The summed E-state index contributed by atoms with van der Waals surface area (Å²) in [6, 6.07) is 0. The van der Waals surface area contributed by atoms with Crippen LogP contribution in [-0.4, -0.2) is 17.4 Å². The van der Waals surface area contributed by atoms with Gasteiger partial charge < -0.3 is 4.90 Å². The van der Waals surface area contributed by atoms with Crippen molar-refractivity contribution in [1.29, 1.82) is 0 Å². The maximum atomic E-state index is 10.9. The first kappa shape index (κ1) is 7.32. The summed E-state index contributed by atoms with van der Waals surface area (Å²) in [7, 11) is 0. The third-order valence-corrected chi connectivity index (χ3v) is 1.83. The van der Waals surface area contributed by atoms with Gasteiger partial charge >= 0.3 is 0 Å². The highest BCUT2D eigenvalue weighted by molar-refractivity contribution is 5.75. The normalized spacial score (nSPS) is 18.6. The number of carbonyl (C=O) groups excluding carboxylic acids is 1. The van der Waals surface area contributed by atoms with Gasteiger partial charge in [-0.2, -0.15) is 0 Å². The number of hydrogen-bond donors (Lipinski definition) is 0. The summed E-state index contributed by atoms with van der Waals surface area (Å²) in [6.07, 6.45) is 4.34. The molecular formula is C8H13NO. The van der Waals surface area contributed by atoms with Crippen LogP contribution in [0.15, 0.2) is 11.8 Å². The molecule has 0 aliphatic carbocycles. The number of rotatable bonds is 0. The van der Waals surface area contributed by atoms with Gasteiger partial charge in [0.25, 0.3) is 0 Å². The molecule has 2 heteroatoms. The topological polar surface area (TPSA) is 20.3 Å². The van der Waals surface area contributed by atoms with Crippen molar-refractivity contribution in [1.82, 2.24) is 4.90 Å². The van der Waals surface area contributed by atoms with E-state index < -0.39 is 0 Å². The highest BCUT2D eigenvalue weighted by Gasteiger charge is 2.12. The van der Waals surface area contributed by atoms with Gasteiger partial charge in [0.15, 0.2) is 0 Å². The molecule has 2 nitrogen and oxygen atoms in total. The fraction of sp³-hybridized carbons (Fsp3) is 0.625. The Bertz CT molecular complexity index is 172. The van der Waals surface area contributed by atoms with Crippen molar-refractivity contribution in [2.45, 2.75) is 26.7 Å². The molecule has 1 aliphatic rings. The fourth-order valence-electron chi connectivity index (χ4n) is 1.25. The van der Waals surface area contributed by atoms with E-state index in [0.717, 1.165) is 25.1 Å². The second-order valence-electron chi connectivity index (χ2n) is 2.66. The standard InChI is InChI=1S/C8H13NO/c1-7-5-3-4-6-9(7)8(2)10/h5H,3-4,6H2,1-2H3. The number of allylic oxidation sites excluding steroid dienone is 2. The average molecular weight is 139 g/mol. The van der Waals surface area contributed by atoms with Crippen LogP contribution >= 0.6 is 0 Å². The molecule has 0 fully saturated rings. The summed E-state index contributed by atoms with van der Waals surface area (Å²) in [5, 5.41) is 0. The van der Waals surface area contributed by atoms with E-state index in [2.05, 4.69) is 6.08 Å². The van der Waals surface area contributed by atoms with Crippen LogP contribution < -0.4 is 0 Å². The lowest BCUT2D eigenvalue weighted by Gasteiger charge is -2.24. The summed E-state index contributed by atoms with van der Waals surface area (Å²) in [4.78, 5) is 12.7. The van der Waals surface area contributed by atoms with Gasteiger partial charge in [-0.15, -0.1) is 0 Å². The molecule has 0 aromatic carbocycles. The Kier molecular flexibility index (Phi) is 2.10. The summed E-state index contributed by atoms with van der Waals surface area (Å²) >= 11 is 0. The monoisotopic (exact) mass is 139 g/mol. The third kappa shape index (κ3) is 1.38. The largest absolute Gasteiger partial charge is 0.317 e. The number of hydrogen-bond acceptors (Lipinski definition) is 1. The van der Waals surface area contributed by atoms with Crippen molar-refractivity contribution in [2.24, 2.45) is 0 Å². The zero-order valence-corrected chi connectivity index (χ0v) is 6.55. The molecular weight excluding hydrogens is 126 g/mol. The van der Waals surface area contributed by atoms with E-state index in [1.54, 1.807) is 6.92 Å². The quantitative estimate of drug-likeness (QED) is 0.498. The first-order valence-electron chi connectivity index (χ1n) is 3.66. The molecule has 10 heavy (non-hydrogen) atoms. The summed E-state index contributed by atoms with van der Waals surface area (Å²) in [6.45, 7) is 4.50. The zero-order chi connectivity index (χ0) is 7.56. The third-order valence-electron chi connectivity index (χ3n) is 1.83. The molecule has 56 valence electrons. The molecule has 0 saturated heterocycles. The van der Waals surface area contributed by atoms with E-state index in [1.165, 1.54) is 0 Å². The van der Waals surface area contributed by atoms with Crippen LogP contribution in [0.5, 0.6) is 0 Å². The minimum atomic E-state index is 0.161. The van der Waals surface area contributed by atoms with Gasteiger partial charge in [0, 0.05) is 19.2 Å². The van der Waals surface area contributed by atoms with E-state index in [-0.39, 0.29) is 5.91 Å². The summed E-state index contributed by atoms with van der Waals surface area (Å²) in [5.74, 6) is 0.161. The van der Waals surface area contributed by atoms with E-state index in [0.29, 0.717) is 0 Å². The molecule has 0 spiro atoms. The molecule has 0 aromatic heterocycles. The second kappa shape index (κ2) is 2.86. The van der Waals surface area contributed by atoms with Crippen molar-refractivity contribution in [3.05, 3.63) is 11.8 Å². The van der Waals surface area contributed by atoms with Crippen LogP contribution in [0, 0.1) is 0 Å². The Morgan fingerprint density at radius 1 is 1.70 bits per heavy atom. The van der Waals surface area contributed by atoms with E-state index in [4.69, 9.17) is 0 Å². The van der Waals surface area contributed by atoms with Gasteiger partial charge in [-0.05, 0) is 19.8 Å². The molecule has 0 aromatic rings. The Balaban J connectivity index is 2.67. The van der Waals surface area contributed by atoms with Crippen molar-refractivity contribution in [2.75, 3.05) is 6.54 Å². The number of carbonyl (C=O) groups is 1. The summed E-state index contributed by atoms with van der Waals surface area (Å²) < 4.78 is 0.